The van der Waals surface area contributed by atoms with Crippen molar-refractivity contribution in [2.75, 3.05) is 6.61 Å². The van der Waals surface area contributed by atoms with Crippen LogP contribution in [0, 0.1) is 29.6 Å². The quantitative estimate of drug-likeness (QED) is 0.562. The molecule has 0 spiro atoms. The average molecular weight is 178 g/mol. The molecule has 1 nitrogen and oxygen atoms in total. The minimum Gasteiger partial charge on any atom is -0.373 e. The van der Waals surface area contributed by atoms with Gasteiger partial charge in [0.25, 0.3) is 0 Å². The topological polar surface area (TPSA) is 12.5 Å². The van der Waals surface area contributed by atoms with Gasteiger partial charge in [0.15, 0.2) is 0 Å². The lowest BCUT2D eigenvalue weighted by atomic mass is 9.82. The second-order valence-corrected chi connectivity index (χ2v) is 5.76. The van der Waals surface area contributed by atoms with Crippen molar-refractivity contribution in [1.82, 2.24) is 0 Å². The van der Waals surface area contributed by atoms with Gasteiger partial charge in [-0.25, -0.2) is 0 Å². The van der Waals surface area contributed by atoms with E-state index in [1.54, 1.807) is 19.3 Å². The molecule has 0 N–H and O–H groups in total. The number of ether oxygens (including phenoxy) is 1. The molecule has 0 aromatic carbocycles. The molecule has 3 aliphatic carbocycles. The molecular formula is C12H18O. The van der Waals surface area contributed by atoms with E-state index in [9.17, 15) is 0 Å². The van der Waals surface area contributed by atoms with Crippen LogP contribution in [0.1, 0.15) is 32.1 Å². The molecule has 5 atom stereocenters. The number of fused-ring (bicyclic) bond motifs is 5. The monoisotopic (exact) mass is 178 g/mol. The predicted octanol–water partition coefficient (Wildman–Crippen LogP) is 2.46. The van der Waals surface area contributed by atoms with Crippen LogP contribution in [-0.4, -0.2) is 12.7 Å². The number of rotatable bonds is 1. The second-order valence-electron chi connectivity index (χ2n) is 5.76. The van der Waals surface area contributed by atoms with E-state index in [0.29, 0.717) is 6.10 Å². The van der Waals surface area contributed by atoms with Crippen LogP contribution >= 0.6 is 0 Å². The molecule has 4 fully saturated rings. The Morgan fingerprint density at radius 1 is 0.769 bits per heavy atom. The highest BCUT2D eigenvalue weighted by atomic mass is 16.6. The van der Waals surface area contributed by atoms with Gasteiger partial charge in [-0.05, 0) is 61.7 Å². The number of hydrogen-bond donors (Lipinski definition) is 0. The Kier molecular flexibility index (Phi) is 1.29. The van der Waals surface area contributed by atoms with Crippen LogP contribution in [0.25, 0.3) is 0 Å². The van der Waals surface area contributed by atoms with Crippen LogP contribution in [0.5, 0.6) is 0 Å². The number of hydrogen-bond acceptors (Lipinski definition) is 1. The zero-order valence-corrected chi connectivity index (χ0v) is 8.11. The van der Waals surface area contributed by atoms with Crippen molar-refractivity contribution in [3.05, 3.63) is 0 Å². The fraction of sp³-hybridized carbons (Fsp3) is 1.00. The van der Waals surface area contributed by atoms with Gasteiger partial charge in [-0.15, -0.1) is 0 Å². The van der Waals surface area contributed by atoms with Gasteiger partial charge >= 0.3 is 0 Å². The van der Waals surface area contributed by atoms with E-state index >= 15 is 0 Å². The first-order chi connectivity index (χ1) is 6.42. The summed E-state index contributed by atoms with van der Waals surface area (Å²) in [4.78, 5) is 0. The molecule has 0 amide bonds. The SMILES string of the molecule is C1CC2CC1C1CC(C3CO3)CC21. The lowest BCUT2D eigenvalue weighted by Crippen LogP contribution is -2.15. The Hall–Kier alpha value is -0.0400. The summed E-state index contributed by atoms with van der Waals surface area (Å²) in [7, 11) is 0. The van der Waals surface area contributed by atoms with E-state index in [1.807, 2.05) is 0 Å². The molecule has 1 heteroatoms. The van der Waals surface area contributed by atoms with E-state index in [4.69, 9.17) is 4.74 Å². The zero-order valence-electron chi connectivity index (χ0n) is 8.11. The van der Waals surface area contributed by atoms with Crippen molar-refractivity contribution in [1.29, 1.82) is 0 Å². The molecule has 1 heterocycles. The Morgan fingerprint density at radius 2 is 1.38 bits per heavy atom. The van der Waals surface area contributed by atoms with Crippen molar-refractivity contribution in [2.45, 2.75) is 38.2 Å². The molecular weight excluding hydrogens is 160 g/mol. The lowest BCUT2D eigenvalue weighted by Gasteiger charge is -2.23. The smallest absolute Gasteiger partial charge is 0.0838 e. The van der Waals surface area contributed by atoms with Crippen molar-refractivity contribution in [2.24, 2.45) is 29.6 Å². The molecule has 72 valence electrons. The summed E-state index contributed by atoms with van der Waals surface area (Å²) in [5.41, 5.74) is 0. The first-order valence-corrected chi connectivity index (χ1v) is 6.03. The largest absolute Gasteiger partial charge is 0.373 e. The highest BCUT2D eigenvalue weighted by molar-refractivity contribution is 5.03. The lowest BCUT2D eigenvalue weighted by molar-refractivity contribution is 0.259. The van der Waals surface area contributed by atoms with Gasteiger partial charge in [-0.1, -0.05) is 0 Å². The van der Waals surface area contributed by atoms with E-state index in [-0.39, 0.29) is 0 Å². The van der Waals surface area contributed by atoms with Crippen molar-refractivity contribution in [3.8, 4) is 0 Å². The number of epoxide rings is 1. The van der Waals surface area contributed by atoms with Crippen LogP contribution < -0.4 is 0 Å². The van der Waals surface area contributed by atoms with E-state index in [2.05, 4.69) is 0 Å². The molecule has 13 heavy (non-hydrogen) atoms. The maximum absolute atomic E-state index is 5.45. The first kappa shape index (κ1) is 7.28. The highest BCUT2D eigenvalue weighted by Crippen LogP contribution is 2.61. The van der Waals surface area contributed by atoms with Crippen LogP contribution in [-0.2, 0) is 4.74 Å². The van der Waals surface area contributed by atoms with E-state index in [1.165, 1.54) is 12.8 Å². The second kappa shape index (κ2) is 2.31. The summed E-state index contributed by atoms with van der Waals surface area (Å²) in [5, 5.41) is 0. The summed E-state index contributed by atoms with van der Waals surface area (Å²) >= 11 is 0. The Morgan fingerprint density at radius 3 is 1.92 bits per heavy atom. The Balaban J connectivity index is 1.57. The molecule has 3 saturated carbocycles. The molecule has 1 saturated heterocycles. The maximum Gasteiger partial charge on any atom is 0.0838 e. The van der Waals surface area contributed by atoms with Crippen LogP contribution in [0.15, 0.2) is 0 Å². The molecule has 0 aromatic heterocycles. The minimum absolute atomic E-state index is 0.699. The molecule has 5 unspecified atom stereocenters. The van der Waals surface area contributed by atoms with Crippen molar-refractivity contribution in [3.63, 3.8) is 0 Å². The van der Waals surface area contributed by atoms with Gasteiger partial charge in [0, 0.05) is 0 Å². The van der Waals surface area contributed by atoms with Crippen LogP contribution in [0.2, 0.25) is 0 Å². The van der Waals surface area contributed by atoms with Gasteiger partial charge in [-0.3, -0.25) is 0 Å². The van der Waals surface area contributed by atoms with Gasteiger partial charge in [0.1, 0.15) is 0 Å². The summed E-state index contributed by atoms with van der Waals surface area (Å²) < 4.78 is 5.45. The van der Waals surface area contributed by atoms with Crippen LogP contribution in [0.4, 0.5) is 0 Å². The molecule has 0 aromatic rings. The Labute approximate surface area is 79.8 Å². The fourth-order valence-electron chi connectivity index (χ4n) is 4.69. The molecule has 1 aliphatic heterocycles. The van der Waals surface area contributed by atoms with Gasteiger partial charge < -0.3 is 4.74 Å². The van der Waals surface area contributed by atoms with E-state index in [0.717, 1.165) is 36.2 Å². The van der Waals surface area contributed by atoms with Crippen molar-refractivity contribution >= 4 is 0 Å². The zero-order chi connectivity index (χ0) is 8.41. The summed E-state index contributed by atoms with van der Waals surface area (Å²) in [5.74, 6) is 5.51. The molecule has 2 bridgehead atoms. The van der Waals surface area contributed by atoms with Gasteiger partial charge in [-0.2, -0.15) is 0 Å². The third kappa shape index (κ3) is 0.918. The standard InChI is InChI=1S/C12H18O/c1-2-8-3-7(1)10-4-9(5-11(8)10)12-6-13-12/h7-12H,1-6H2. The van der Waals surface area contributed by atoms with Gasteiger partial charge in [0.2, 0.25) is 0 Å². The predicted molar refractivity (Wildman–Crippen MR) is 50.3 cm³/mol. The fourth-order valence-corrected chi connectivity index (χ4v) is 4.69. The summed E-state index contributed by atoms with van der Waals surface area (Å²) in [6.07, 6.45) is 8.46. The third-order valence-corrected chi connectivity index (χ3v) is 5.31. The van der Waals surface area contributed by atoms with Crippen LogP contribution in [0.3, 0.4) is 0 Å². The average Bonchev–Trinajstić information content (AvgIpc) is 2.66. The normalized spacial score (nSPS) is 62.8. The Bertz CT molecular complexity index is 215. The minimum atomic E-state index is 0.699. The summed E-state index contributed by atoms with van der Waals surface area (Å²) in [6, 6.07) is 0. The maximum atomic E-state index is 5.45. The third-order valence-electron chi connectivity index (χ3n) is 5.31. The molecule has 4 rings (SSSR count). The van der Waals surface area contributed by atoms with Crippen molar-refractivity contribution < 1.29 is 4.74 Å². The molecule has 4 aliphatic rings. The highest BCUT2D eigenvalue weighted by Gasteiger charge is 2.54. The summed E-state index contributed by atoms with van der Waals surface area (Å²) in [6.45, 7) is 1.08. The molecule has 0 radical (unpaired) electrons. The van der Waals surface area contributed by atoms with E-state index < -0.39 is 0 Å². The first-order valence-electron chi connectivity index (χ1n) is 6.03. The van der Waals surface area contributed by atoms with Gasteiger partial charge in [0.05, 0.1) is 12.7 Å².